The summed E-state index contributed by atoms with van der Waals surface area (Å²) in [4.78, 5) is 10.7. The third-order valence-corrected chi connectivity index (χ3v) is 3.29. The largest absolute Gasteiger partial charge is 0.300 e. The maximum Gasteiger partial charge on any atom is 0.129 e. The van der Waals surface area contributed by atoms with Crippen molar-refractivity contribution in [1.82, 2.24) is 0 Å². The monoisotopic (exact) mass is 252 g/mol. The molecule has 0 atom stereocenters. The van der Waals surface area contributed by atoms with Crippen LogP contribution >= 0.6 is 0 Å². The molecule has 0 aliphatic heterocycles. The fourth-order valence-corrected chi connectivity index (χ4v) is 2.09. The molecule has 0 unspecified atom stereocenters. The van der Waals surface area contributed by atoms with Crippen LogP contribution in [0.1, 0.15) is 90.9 Å². The van der Waals surface area contributed by atoms with Crippen LogP contribution in [0, 0.1) is 0 Å². The van der Waals surface area contributed by atoms with Gasteiger partial charge in [0.05, 0.1) is 0 Å². The van der Waals surface area contributed by atoms with E-state index < -0.39 is 0 Å². The highest BCUT2D eigenvalue weighted by atomic mass is 16.1. The van der Waals surface area contributed by atoms with Crippen molar-refractivity contribution < 1.29 is 4.79 Å². The Morgan fingerprint density at radius 1 is 0.778 bits per heavy atom. The molecule has 0 rings (SSSR count). The molecule has 0 fully saturated rings. The summed E-state index contributed by atoms with van der Waals surface area (Å²) in [6.07, 6.45) is 19.7. The van der Waals surface area contributed by atoms with Gasteiger partial charge in [0.25, 0.3) is 0 Å². The van der Waals surface area contributed by atoms with E-state index in [1.54, 1.807) is 6.92 Å². The van der Waals surface area contributed by atoms with E-state index >= 15 is 0 Å². The molecule has 106 valence electrons. The van der Waals surface area contributed by atoms with Gasteiger partial charge in [0.2, 0.25) is 0 Å². The van der Waals surface area contributed by atoms with Crippen LogP contribution in [0.5, 0.6) is 0 Å². The summed E-state index contributed by atoms with van der Waals surface area (Å²) in [6.45, 7) is 3.94. The molecule has 0 spiro atoms. The zero-order valence-electron chi connectivity index (χ0n) is 12.5. The van der Waals surface area contributed by atoms with Gasteiger partial charge < -0.3 is 4.79 Å². The van der Waals surface area contributed by atoms with Gasteiger partial charge in [-0.2, -0.15) is 0 Å². The van der Waals surface area contributed by atoms with Crippen molar-refractivity contribution in [3.8, 4) is 0 Å². The molecule has 0 aromatic rings. The standard InChI is InChI=1S/C17H32O/c1-3-4-5-6-7-8-9-10-11-12-13-14-15-16-17(2)18/h9-10H,3-8,11-16H2,1-2H3/b10-9-. The first-order valence-electron chi connectivity index (χ1n) is 7.91. The third kappa shape index (κ3) is 15.4. The van der Waals surface area contributed by atoms with Crippen LogP contribution in [0.2, 0.25) is 0 Å². The van der Waals surface area contributed by atoms with Crippen molar-refractivity contribution in [2.45, 2.75) is 90.9 Å². The number of hydrogen-bond donors (Lipinski definition) is 0. The van der Waals surface area contributed by atoms with Crippen molar-refractivity contribution in [3.63, 3.8) is 0 Å². The zero-order valence-corrected chi connectivity index (χ0v) is 12.5. The first-order chi connectivity index (χ1) is 8.77. The quantitative estimate of drug-likeness (QED) is 0.297. The normalized spacial score (nSPS) is 11.2. The van der Waals surface area contributed by atoms with Gasteiger partial charge >= 0.3 is 0 Å². The molecule has 0 amide bonds. The van der Waals surface area contributed by atoms with E-state index in [1.807, 2.05) is 0 Å². The molecule has 0 saturated carbocycles. The molecule has 0 saturated heterocycles. The van der Waals surface area contributed by atoms with Crippen LogP contribution in [-0.2, 0) is 4.79 Å². The molecule has 1 heteroatoms. The smallest absolute Gasteiger partial charge is 0.129 e. The molecular weight excluding hydrogens is 220 g/mol. The lowest BCUT2D eigenvalue weighted by molar-refractivity contribution is -0.117. The molecule has 18 heavy (non-hydrogen) atoms. The van der Waals surface area contributed by atoms with E-state index in [-0.39, 0.29) is 0 Å². The van der Waals surface area contributed by atoms with Crippen molar-refractivity contribution in [3.05, 3.63) is 12.2 Å². The number of allylic oxidation sites excluding steroid dienone is 2. The van der Waals surface area contributed by atoms with E-state index in [0.717, 1.165) is 12.8 Å². The number of carbonyl (C=O) groups is 1. The van der Waals surface area contributed by atoms with Gasteiger partial charge in [0.15, 0.2) is 0 Å². The van der Waals surface area contributed by atoms with Crippen molar-refractivity contribution in [2.75, 3.05) is 0 Å². The lowest BCUT2D eigenvalue weighted by Crippen LogP contribution is -1.88. The predicted octanol–water partition coefficient (Wildman–Crippen LogP) is 5.83. The number of rotatable bonds is 13. The van der Waals surface area contributed by atoms with E-state index in [2.05, 4.69) is 19.1 Å². The maximum atomic E-state index is 10.7. The van der Waals surface area contributed by atoms with Crippen LogP contribution in [0.3, 0.4) is 0 Å². The predicted molar refractivity (Wildman–Crippen MR) is 80.9 cm³/mol. The van der Waals surface area contributed by atoms with E-state index in [4.69, 9.17) is 0 Å². The minimum atomic E-state index is 0.331. The first kappa shape index (κ1) is 17.4. The first-order valence-corrected chi connectivity index (χ1v) is 7.91. The van der Waals surface area contributed by atoms with E-state index in [0.29, 0.717) is 5.78 Å². The summed E-state index contributed by atoms with van der Waals surface area (Å²) in [7, 11) is 0. The molecule has 0 aromatic carbocycles. The summed E-state index contributed by atoms with van der Waals surface area (Å²) in [6, 6.07) is 0. The van der Waals surface area contributed by atoms with Crippen LogP contribution in [0.4, 0.5) is 0 Å². The number of Topliss-reactive ketones (excluding diaryl/α,β-unsaturated/α-hetero) is 1. The van der Waals surface area contributed by atoms with Gasteiger partial charge in [0.1, 0.15) is 5.78 Å². The number of unbranched alkanes of at least 4 members (excludes halogenated alkanes) is 9. The van der Waals surface area contributed by atoms with Crippen LogP contribution < -0.4 is 0 Å². The van der Waals surface area contributed by atoms with Crippen molar-refractivity contribution in [1.29, 1.82) is 0 Å². The Kier molecular flexibility index (Phi) is 14.0. The van der Waals surface area contributed by atoms with E-state index in [9.17, 15) is 4.79 Å². The van der Waals surface area contributed by atoms with Gasteiger partial charge in [-0.15, -0.1) is 0 Å². The average molecular weight is 252 g/mol. The number of hydrogen-bond acceptors (Lipinski definition) is 1. The topological polar surface area (TPSA) is 17.1 Å². The van der Waals surface area contributed by atoms with Crippen LogP contribution in [-0.4, -0.2) is 5.78 Å². The van der Waals surface area contributed by atoms with E-state index in [1.165, 1.54) is 64.2 Å². The van der Waals surface area contributed by atoms with Crippen molar-refractivity contribution >= 4 is 5.78 Å². The Morgan fingerprint density at radius 3 is 1.78 bits per heavy atom. The van der Waals surface area contributed by atoms with Gasteiger partial charge in [-0.3, -0.25) is 0 Å². The fourth-order valence-electron chi connectivity index (χ4n) is 2.09. The molecule has 0 radical (unpaired) electrons. The molecule has 0 aromatic heterocycles. The summed E-state index contributed by atoms with van der Waals surface area (Å²) in [5.41, 5.74) is 0. The lowest BCUT2D eigenvalue weighted by atomic mass is 10.1. The Bertz CT molecular complexity index is 206. The Balaban J connectivity index is 3.06. The van der Waals surface area contributed by atoms with Gasteiger partial charge in [0, 0.05) is 6.42 Å². The van der Waals surface area contributed by atoms with Gasteiger partial charge in [-0.1, -0.05) is 57.6 Å². The molecule has 1 nitrogen and oxygen atoms in total. The summed E-state index contributed by atoms with van der Waals surface area (Å²) in [5.74, 6) is 0.331. The Labute approximate surface area is 114 Å². The Hall–Kier alpha value is -0.590. The minimum Gasteiger partial charge on any atom is -0.300 e. The summed E-state index contributed by atoms with van der Waals surface area (Å²) >= 11 is 0. The van der Waals surface area contributed by atoms with Crippen LogP contribution in [0.15, 0.2) is 12.2 Å². The van der Waals surface area contributed by atoms with Crippen molar-refractivity contribution in [2.24, 2.45) is 0 Å². The summed E-state index contributed by atoms with van der Waals surface area (Å²) < 4.78 is 0. The van der Waals surface area contributed by atoms with Gasteiger partial charge in [-0.05, 0) is 39.0 Å². The van der Waals surface area contributed by atoms with Gasteiger partial charge in [-0.25, -0.2) is 0 Å². The highest BCUT2D eigenvalue weighted by molar-refractivity contribution is 5.75. The molecule has 0 N–H and O–H groups in total. The SMILES string of the molecule is CCCCCCC/C=C\CCCCCCC(C)=O. The highest BCUT2D eigenvalue weighted by Crippen LogP contribution is 2.08. The second-order valence-electron chi connectivity index (χ2n) is 5.33. The molecule has 0 bridgehead atoms. The molecule has 0 aliphatic carbocycles. The molecule has 0 aliphatic rings. The highest BCUT2D eigenvalue weighted by Gasteiger charge is 1.93. The summed E-state index contributed by atoms with van der Waals surface area (Å²) in [5, 5.41) is 0. The minimum absolute atomic E-state index is 0.331. The maximum absolute atomic E-state index is 10.7. The molecule has 0 heterocycles. The second-order valence-corrected chi connectivity index (χ2v) is 5.33. The Morgan fingerprint density at radius 2 is 1.28 bits per heavy atom. The van der Waals surface area contributed by atoms with Crippen LogP contribution in [0.25, 0.3) is 0 Å². The number of ketones is 1. The fraction of sp³-hybridized carbons (Fsp3) is 0.824. The second kappa shape index (κ2) is 14.5. The molecular formula is C17H32O. The third-order valence-electron chi connectivity index (χ3n) is 3.29. The number of carbonyl (C=O) groups excluding carboxylic acids is 1. The average Bonchev–Trinajstić information content (AvgIpc) is 2.34. The lowest BCUT2D eigenvalue weighted by Gasteiger charge is -1.98. The zero-order chi connectivity index (χ0) is 13.5.